The number of nitrogens with one attached hydrogen (secondary N) is 2. The Kier molecular flexibility index (Phi) is 4.59. The molecule has 0 saturated carbocycles. The number of carbonyl (C=O) groups excluding carboxylic acids is 1. The van der Waals surface area contributed by atoms with E-state index >= 15 is 0 Å². The van der Waals surface area contributed by atoms with Gasteiger partial charge in [0.15, 0.2) is 0 Å². The smallest absolute Gasteiger partial charge is 0.320 e. The van der Waals surface area contributed by atoms with Crippen molar-refractivity contribution in [1.29, 1.82) is 0 Å². The summed E-state index contributed by atoms with van der Waals surface area (Å²) < 4.78 is 12.6. The van der Waals surface area contributed by atoms with Crippen LogP contribution in [0.3, 0.4) is 0 Å². The number of hydrogen-bond donors (Lipinski definition) is 3. The Morgan fingerprint density at radius 3 is 2.47 bits per heavy atom. The lowest BCUT2D eigenvalue weighted by Crippen LogP contribution is -2.39. The van der Waals surface area contributed by atoms with Gasteiger partial charge in [-0.25, -0.2) is 4.39 Å². The average molecular weight is 240 g/mol. The molecular formula is C11H13FN2O3. The highest BCUT2D eigenvalue weighted by atomic mass is 19.1. The first-order valence-electron chi connectivity index (χ1n) is 5.00. The van der Waals surface area contributed by atoms with E-state index in [2.05, 4.69) is 10.6 Å². The minimum absolute atomic E-state index is 0.120. The molecule has 5 nitrogen and oxygen atoms in total. The first-order chi connectivity index (χ1) is 7.99. The Balaban J connectivity index is 2.39. The monoisotopic (exact) mass is 240 g/mol. The van der Waals surface area contributed by atoms with E-state index < -0.39 is 12.0 Å². The highest BCUT2D eigenvalue weighted by molar-refractivity contribution is 5.92. The third kappa shape index (κ3) is 4.60. The van der Waals surface area contributed by atoms with Crippen LogP contribution >= 0.6 is 0 Å². The molecule has 1 aromatic rings. The zero-order valence-electron chi connectivity index (χ0n) is 9.24. The van der Waals surface area contributed by atoms with Crippen LogP contribution in [0.5, 0.6) is 0 Å². The number of benzene rings is 1. The quantitative estimate of drug-likeness (QED) is 0.712. The first kappa shape index (κ1) is 13.1. The van der Waals surface area contributed by atoms with Gasteiger partial charge in [-0.2, -0.15) is 0 Å². The maximum absolute atomic E-state index is 12.6. The number of amides is 1. The summed E-state index contributed by atoms with van der Waals surface area (Å²) in [4.78, 5) is 21.8. The molecule has 0 radical (unpaired) electrons. The molecule has 1 rings (SSSR count). The van der Waals surface area contributed by atoms with Crippen LogP contribution in [-0.2, 0) is 9.59 Å². The number of carbonyl (C=O) groups is 2. The SMILES string of the molecule is C[C@H](NCC(=O)Nc1ccc(F)cc1)C(=O)O. The van der Waals surface area contributed by atoms with Crippen LogP contribution < -0.4 is 10.6 Å². The summed E-state index contributed by atoms with van der Waals surface area (Å²) in [7, 11) is 0. The van der Waals surface area contributed by atoms with Gasteiger partial charge in [-0.3, -0.25) is 14.9 Å². The van der Waals surface area contributed by atoms with Crippen molar-refractivity contribution in [3.05, 3.63) is 30.1 Å². The molecule has 1 aromatic carbocycles. The maximum atomic E-state index is 12.6. The van der Waals surface area contributed by atoms with Gasteiger partial charge in [-0.15, -0.1) is 0 Å². The zero-order chi connectivity index (χ0) is 12.8. The molecule has 0 bridgehead atoms. The number of carboxylic acid groups (broad SMARTS) is 1. The highest BCUT2D eigenvalue weighted by Gasteiger charge is 2.11. The van der Waals surface area contributed by atoms with Gasteiger partial charge in [0.25, 0.3) is 0 Å². The molecule has 0 unspecified atom stereocenters. The fraction of sp³-hybridized carbons (Fsp3) is 0.273. The Bertz CT molecular complexity index is 406. The predicted octanol–water partition coefficient (Wildman–Crippen LogP) is 0.827. The lowest BCUT2D eigenvalue weighted by atomic mass is 10.3. The van der Waals surface area contributed by atoms with E-state index in [1.807, 2.05) is 0 Å². The number of carboxylic acids is 1. The molecule has 0 spiro atoms. The van der Waals surface area contributed by atoms with Gasteiger partial charge in [0.1, 0.15) is 11.9 Å². The van der Waals surface area contributed by atoms with Crippen LogP contribution in [0.15, 0.2) is 24.3 Å². The van der Waals surface area contributed by atoms with Crippen molar-refractivity contribution in [2.24, 2.45) is 0 Å². The summed E-state index contributed by atoms with van der Waals surface area (Å²) >= 11 is 0. The third-order valence-corrected chi connectivity index (χ3v) is 2.07. The lowest BCUT2D eigenvalue weighted by Gasteiger charge is -2.09. The normalized spacial score (nSPS) is 11.9. The molecule has 6 heteroatoms. The van der Waals surface area contributed by atoms with E-state index in [9.17, 15) is 14.0 Å². The minimum Gasteiger partial charge on any atom is -0.480 e. The zero-order valence-corrected chi connectivity index (χ0v) is 9.24. The Morgan fingerprint density at radius 1 is 1.35 bits per heavy atom. The molecule has 92 valence electrons. The van der Waals surface area contributed by atoms with Gasteiger partial charge >= 0.3 is 5.97 Å². The number of anilines is 1. The Morgan fingerprint density at radius 2 is 1.94 bits per heavy atom. The van der Waals surface area contributed by atoms with Crippen molar-refractivity contribution >= 4 is 17.6 Å². The molecule has 3 N–H and O–H groups in total. The topological polar surface area (TPSA) is 78.4 Å². The van der Waals surface area contributed by atoms with E-state index in [-0.39, 0.29) is 18.3 Å². The number of hydrogen-bond acceptors (Lipinski definition) is 3. The van der Waals surface area contributed by atoms with Crippen LogP contribution in [0, 0.1) is 5.82 Å². The summed E-state index contributed by atoms with van der Waals surface area (Å²) in [6.07, 6.45) is 0. The van der Waals surface area contributed by atoms with Gasteiger partial charge in [-0.1, -0.05) is 0 Å². The number of rotatable bonds is 5. The van der Waals surface area contributed by atoms with Gasteiger partial charge in [0.05, 0.1) is 6.54 Å². The van der Waals surface area contributed by atoms with E-state index in [1.165, 1.54) is 31.2 Å². The fourth-order valence-electron chi connectivity index (χ4n) is 1.07. The standard InChI is InChI=1S/C11H13FN2O3/c1-7(11(16)17)13-6-10(15)14-9-4-2-8(12)3-5-9/h2-5,7,13H,6H2,1H3,(H,14,15)(H,16,17)/t7-/m0/s1. The molecule has 0 fully saturated rings. The Hall–Kier alpha value is -1.95. The second kappa shape index (κ2) is 5.95. The van der Waals surface area contributed by atoms with Crippen LogP contribution in [0.25, 0.3) is 0 Å². The summed E-state index contributed by atoms with van der Waals surface area (Å²) in [6, 6.07) is 4.50. The van der Waals surface area contributed by atoms with Crippen LogP contribution in [0.2, 0.25) is 0 Å². The van der Waals surface area contributed by atoms with Crippen molar-refractivity contribution in [1.82, 2.24) is 5.32 Å². The summed E-state index contributed by atoms with van der Waals surface area (Å²) in [5, 5.41) is 13.6. The largest absolute Gasteiger partial charge is 0.480 e. The van der Waals surface area contributed by atoms with Gasteiger partial charge in [0, 0.05) is 5.69 Å². The van der Waals surface area contributed by atoms with Crippen LogP contribution in [0.4, 0.5) is 10.1 Å². The first-order valence-corrected chi connectivity index (χ1v) is 5.00. The van der Waals surface area contributed by atoms with Crippen molar-refractivity contribution in [3.63, 3.8) is 0 Å². The molecule has 1 amide bonds. The molecular weight excluding hydrogens is 227 g/mol. The second-order valence-electron chi connectivity index (χ2n) is 3.50. The Labute approximate surface area is 97.6 Å². The van der Waals surface area contributed by atoms with Gasteiger partial charge in [-0.05, 0) is 31.2 Å². The molecule has 0 aliphatic carbocycles. The third-order valence-electron chi connectivity index (χ3n) is 2.07. The van der Waals surface area contributed by atoms with Crippen LogP contribution in [0.1, 0.15) is 6.92 Å². The lowest BCUT2D eigenvalue weighted by molar-refractivity contribution is -0.139. The van der Waals surface area contributed by atoms with Crippen molar-refractivity contribution < 1.29 is 19.1 Å². The van der Waals surface area contributed by atoms with Crippen molar-refractivity contribution in [2.75, 3.05) is 11.9 Å². The summed E-state index contributed by atoms with van der Waals surface area (Å²) in [5.41, 5.74) is 0.459. The molecule has 17 heavy (non-hydrogen) atoms. The molecule has 0 saturated heterocycles. The van der Waals surface area contributed by atoms with E-state index in [0.717, 1.165) is 0 Å². The highest BCUT2D eigenvalue weighted by Crippen LogP contribution is 2.07. The second-order valence-corrected chi connectivity index (χ2v) is 3.50. The molecule has 1 atom stereocenters. The molecule has 0 aliphatic heterocycles. The average Bonchev–Trinajstić information content (AvgIpc) is 2.29. The predicted molar refractivity (Wildman–Crippen MR) is 60.1 cm³/mol. The van der Waals surface area contributed by atoms with Crippen molar-refractivity contribution in [3.8, 4) is 0 Å². The minimum atomic E-state index is -1.03. The van der Waals surface area contributed by atoms with E-state index in [0.29, 0.717) is 5.69 Å². The van der Waals surface area contributed by atoms with E-state index in [1.54, 1.807) is 0 Å². The summed E-state index contributed by atoms with van der Waals surface area (Å²) in [5.74, 6) is -1.80. The molecule has 0 aliphatic rings. The van der Waals surface area contributed by atoms with E-state index in [4.69, 9.17) is 5.11 Å². The number of aliphatic carboxylic acids is 1. The fourth-order valence-corrected chi connectivity index (χ4v) is 1.07. The molecule has 0 heterocycles. The van der Waals surface area contributed by atoms with Gasteiger partial charge < -0.3 is 10.4 Å². The van der Waals surface area contributed by atoms with Crippen LogP contribution in [-0.4, -0.2) is 29.6 Å². The van der Waals surface area contributed by atoms with Gasteiger partial charge in [0.2, 0.25) is 5.91 Å². The maximum Gasteiger partial charge on any atom is 0.320 e. The van der Waals surface area contributed by atoms with Crippen molar-refractivity contribution in [2.45, 2.75) is 13.0 Å². The number of halogens is 1. The molecule has 0 aromatic heterocycles. The summed E-state index contributed by atoms with van der Waals surface area (Å²) in [6.45, 7) is 1.32.